The summed E-state index contributed by atoms with van der Waals surface area (Å²) in [5.41, 5.74) is 1.82. The van der Waals surface area contributed by atoms with E-state index in [0.29, 0.717) is 19.4 Å². The summed E-state index contributed by atoms with van der Waals surface area (Å²) in [7, 11) is 0. The van der Waals surface area contributed by atoms with E-state index in [4.69, 9.17) is 0 Å². The molecule has 0 aromatic heterocycles. The standard InChI is InChI=1S/C15H23NO2/c1-4-15(5-2,14(17)18)11-16-10-13-9-7-6-8-12(13)3/h6-9,16H,4-5,10-11H2,1-3H3,(H,17,18). The lowest BCUT2D eigenvalue weighted by molar-refractivity contribution is -0.149. The number of hydrogen-bond donors (Lipinski definition) is 2. The number of carboxylic acids is 1. The zero-order valence-electron chi connectivity index (χ0n) is 11.5. The van der Waals surface area contributed by atoms with Crippen molar-refractivity contribution in [3.8, 4) is 0 Å². The summed E-state index contributed by atoms with van der Waals surface area (Å²) in [5.74, 6) is -0.704. The van der Waals surface area contributed by atoms with Gasteiger partial charge in [0.2, 0.25) is 0 Å². The zero-order valence-corrected chi connectivity index (χ0v) is 11.5. The van der Waals surface area contributed by atoms with Gasteiger partial charge >= 0.3 is 5.97 Å². The molecule has 0 aliphatic heterocycles. The minimum atomic E-state index is -0.704. The molecule has 0 aliphatic carbocycles. The van der Waals surface area contributed by atoms with Crippen LogP contribution >= 0.6 is 0 Å². The maximum absolute atomic E-state index is 11.4. The fourth-order valence-electron chi connectivity index (χ4n) is 2.12. The number of rotatable bonds is 7. The van der Waals surface area contributed by atoms with Crippen LogP contribution in [0.4, 0.5) is 0 Å². The first-order valence-electron chi connectivity index (χ1n) is 6.54. The predicted octanol–water partition coefficient (Wildman–Crippen LogP) is 2.98. The van der Waals surface area contributed by atoms with Gasteiger partial charge in [-0.2, -0.15) is 0 Å². The summed E-state index contributed by atoms with van der Waals surface area (Å²) in [6, 6.07) is 8.16. The molecular weight excluding hydrogens is 226 g/mol. The van der Waals surface area contributed by atoms with Crippen LogP contribution in [0.25, 0.3) is 0 Å². The molecule has 0 heterocycles. The van der Waals surface area contributed by atoms with Gasteiger partial charge in [-0.1, -0.05) is 38.1 Å². The molecule has 3 heteroatoms. The van der Waals surface area contributed by atoms with Crippen molar-refractivity contribution in [2.75, 3.05) is 6.54 Å². The first-order valence-corrected chi connectivity index (χ1v) is 6.54. The quantitative estimate of drug-likeness (QED) is 0.781. The highest BCUT2D eigenvalue weighted by molar-refractivity contribution is 5.74. The summed E-state index contributed by atoms with van der Waals surface area (Å²) in [6.45, 7) is 7.19. The van der Waals surface area contributed by atoms with Crippen molar-refractivity contribution in [2.45, 2.75) is 40.2 Å². The Morgan fingerprint density at radius 3 is 2.39 bits per heavy atom. The molecule has 0 aliphatic rings. The van der Waals surface area contributed by atoms with E-state index in [9.17, 15) is 9.90 Å². The number of aryl methyl sites for hydroxylation is 1. The molecule has 2 N–H and O–H groups in total. The Labute approximate surface area is 109 Å². The summed E-state index contributed by atoms with van der Waals surface area (Å²) >= 11 is 0. The second-order valence-corrected chi connectivity index (χ2v) is 4.82. The van der Waals surface area contributed by atoms with E-state index in [2.05, 4.69) is 24.4 Å². The lowest BCUT2D eigenvalue weighted by atomic mass is 9.82. The van der Waals surface area contributed by atoms with Crippen molar-refractivity contribution in [1.82, 2.24) is 5.32 Å². The molecule has 0 radical (unpaired) electrons. The van der Waals surface area contributed by atoms with Crippen molar-refractivity contribution in [2.24, 2.45) is 5.41 Å². The van der Waals surface area contributed by atoms with Crippen molar-refractivity contribution in [1.29, 1.82) is 0 Å². The third kappa shape index (κ3) is 3.33. The molecule has 3 nitrogen and oxygen atoms in total. The number of nitrogens with one attached hydrogen (secondary N) is 1. The molecule has 18 heavy (non-hydrogen) atoms. The minimum Gasteiger partial charge on any atom is -0.481 e. The molecule has 0 saturated carbocycles. The molecule has 0 amide bonds. The first-order chi connectivity index (χ1) is 8.55. The van der Waals surface area contributed by atoms with Crippen molar-refractivity contribution in [3.63, 3.8) is 0 Å². The third-order valence-electron chi connectivity index (χ3n) is 3.85. The predicted molar refractivity (Wildman–Crippen MR) is 73.5 cm³/mol. The fourth-order valence-corrected chi connectivity index (χ4v) is 2.12. The number of carboxylic acid groups (broad SMARTS) is 1. The molecule has 0 spiro atoms. The van der Waals surface area contributed by atoms with E-state index < -0.39 is 11.4 Å². The Hall–Kier alpha value is -1.35. The highest BCUT2D eigenvalue weighted by atomic mass is 16.4. The van der Waals surface area contributed by atoms with Crippen LogP contribution in [0.1, 0.15) is 37.8 Å². The normalized spacial score (nSPS) is 11.5. The molecule has 0 unspecified atom stereocenters. The van der Waals surface area contributed by atoms with Gasteiger partial charge in [-0.15, -0.1) is 0 Å². The van der Waals surface area contributed by atoms with Gasteiger partial charge in [0.25, 0.3) is 0 Å². The van der Waals surface area contributed by atoms with Gasteiger partial charge in [0, 0.05) is 13.1 Å². The van der Waals surface area contributed by atoms with Crippen LogP contribution in [0.5, 0.6) is 0 Å². The molecule has 0 fully saturated rings. The number of benzene rings is 1. The van der Waals surface area contributed by atoms with Crippen LogP contribution < -0.4 is 5.32 Å². The van der Waals surface area contributed by atoms with E-state index in [-0.39, 0.29) is 0 Å². The SMILES string of the molecule is CCC(CC)(CNCc1ccccc1C)C(=O)O. The lowest BCUT2D eigenvalue weighted by Gasteiger charge is -2.27. The second kappa shape index (κ2) is 6.55. The zero-order chi connectivity index (χ0) is 13.6. The van der Waals surface area contributed by atoms with Crippen molar-refractivity contribution < 1.29 is 9.90 Å². The van der Waals surface area contributed by atoms with E-state index in [1.54, 1.807) is 0 Å². The van der Waals surface area contributed by atoms with Crippen LogP contribution in [0.2, 0.25) is 0 Å². The minimum absolute atomic E-state index is 0.518. The highest BCUT2D eigenvalue weighted by Crippen LogP contribution is 2.25. The molecule has 1 aromatic rings. The molecule has 1 aromatic carbocycles. The molecule has 0 atom stereocenters. The van der Waals surface area contributed by atoms with Gasteiger partial charge in [0.15, 0.2) is 0 Å². The Bertz CT molecular complexity index is 397. The Balaban J connectivity index is 2.60. The summed E-state index contributed by atoms with van der Waals surface area (Å²) in [6.07, 6.45) is 1.30. The number of aliphatic carboxylic acids is 1. The molecule has 0 saturated heterocycles. The summed E-state index contributed by atoms with van der Waals surface area (Å²) in [4.78, 5) is 11.4. The van der Waals surface area contributed by atoms with Gasteiger partial charge < -0.3 is 10.4 Å². The average molecular weight is 249 g/mol. The topological polar surface area (TPSA) is 49.3 Å². The number of hydrogen-bond acceptors (Lipinski definition) is 2. The molecular formula is C15H23NO2. The Morgan fingerprint density at radius 2 is 1.89 bits per heavy atom. The van der Waals surface area contributed by atoms with E-state index in [0.717, 1.165) is 6.54 Å². The average Bonchev–Trinajstić information content (AvgIpc) is 2.37. The smallest absolute Gasteiger partial charge is 0.310 e. The highest BCUT2D eigenvalue weighted by Gasteiger charge is 2.34. The maximum Gasteiger partial charge on any atom is 0.310 e. The molecule has 1 rings (SSSR count). The summed E-state index contributed by atoms with van der Waals surface area (Å²) in [5, 5.41) is 12.6. The van der Waals surface area contributed by atoms with Crippen LogP contribution in [-0.2, 0) is 11.3 Å². The first kappa shape index (κ1) is 14.7. The monoisotopic (exact) mass is 249 g/mol. The molecule has 0 bridgehead atoms. The Kier molecular flexibility index (Phi) is 5.35. The van der Waals surface area contributed by atoms with Gasteiger partial charge in [-0.25, -0.2) is 0 Å². The second-order valence-electron chi connectivity index (χ2n) is 4.82. The van der Waals surface area contributed by atoms with Gasteiger partial charge in [0.05, 0.1) is 5.41 Å². The van der Waals surface area contributed by atoms with Gasteiger partial charge in [-0.05, 0) is 30.9 Å². The fraction of sp³-hybridized carbons (Fsp3) is 0.533. The van der Waals surface area contributed by atoms with Crippen molar-refractivity contribution >= 4 is 5.97 Å². The van der Waals surface area contributed by atoms with Crippen molar-refractivity contribution in [3.05, 3.63) is 35.4 Å². The number of carbonyl (C=O) groups is 1. The summed E-state index contributed by atoms with van der Waals surface area (Å²) < 4.78 is 0. The Morgan fingerprint density at radius 1 is 1.28 bits per heavy atom. The lowest BCUT2D eigenvalue weighted by Crippen LogP contribution is -2.40. The van der Waals surface area contributed by atoms with Crippen LogP contribution in [0.3, 0.4) is 0 Å². The van der Waals surface area contributed by atoms with Gasteiger partial charge in [0.1, 0.15) is 0 Å². The van der Waals surface area contributed by atoms with Crippen LogP contribution in [0.15, 0.2) is 24.3 Å². The van der Waals surface area contributed by atoms with E-state index >= 15 is 0 Å². The third-order valence-corrected chi connectivity index (χ3v) is 3.85. The van der Waals surface area contributed by atoms with Crippen LogP contribution in [-0.4, -0.2) is 17.6 Å². The maximum atomic E-state index is 11.4. The largest absolute Gasteiger partial charge is 0.481 e. The molecule has 100 valence electrons. The van der Waals surface area contributed by atoms with Gasteiger partial charge in [-0.3, -0.25) is 4.79 Å². The van der Waals surface area contributed by atoms with Crippen LogP contribution in [0, 0.1) is 12.3 Å². The van der Waals surface area contributed by atoms with E-state index in [1.165, 1.54) is 11.1 Å². The van der Waals surface area contributed by atoms with E-state index in [1.807, 2.05) is 26.0 Å².